The molecule has 0 fully saturated rings. The van der Waals surface area contributed by atoms with Crippen molar-refractivity contribution in [1.29, 1.82) is 0 Å². The average Bonchev–Trinajstić information content (AvgIpc) is 2.91. The van der Waals surface area contributed by atoms with Crippen LogP contribution in [0.1, 0.15) is 35.3 Å². The summed E-state index contributed by atoms with van der Waals surface area (Å²) in [5.41, 5.74) is 4.91. The first kappa shape index (κ1) is 24.7. The third kappa shape index (κ3) is 6.16. The number of carbonyl (C=O) groups excluding carboxylic acids is 2. The maximum atomic E-state index is 12.9. The number of fused-ring (bicyclic) bond motifs is 1. The molecular weight excluding hydrogens is 450 g/mol. The second-order valence-electron chi connectivity index (χ2n) is 8.77. The molecule has 6 heteroatoms. The van der Waals surface area contributed by atoms with E-state index in [0.29, 0.717) is 17.9 Å². The zero-order valence-electron chi connectivity index (χ0n) is 20.3. The Kier molecular flexibility index (Phi) is 8.08. The second-order valence-corrected chi connectivity index (χ2v) is 8.77. The molecule has 0 bridgehead atoms. The van der Waals surface area contributed by atoms with Crippen LogP contribution in [-0.4, -0.2) is 24.1 Å². The standard InChI is InChI=1S/C30H29N3O3/c1-21(2)28(32-29(34)24-14-7-4-8-15-24)30(35)33-31-19-26-25-16-10-9-13-23(25)17-18-27(26)36-20-22-11-5-3-6-12-22/h3-19,21,28H,20H2,1-2H3,(H,32,34)(H,33,35)/b31-19+. The molecule has 0 heterocycles. The number of nitrogens with one attached hydrogen (secondary N) is 2. The van der Waals surface area contributed by atoms with Gasteiger partial charge in [0.05, 0.1) is 6.21 Å². The summed E-state index contributed by atoms with van der Waals surface area (Å²) in [6.45, 7) is 4.16. The smallest absolute Gasteiger partial charge is 0.262 e. The lowest BCUT2D eigenvalue weighted by molar-refractivity contribution is -0.123. The number of hydrazone groups is 1. The van der Waals surface area contributed by atoms with Gasteiger partial charge in [-0.15, -0.1) is 0 Å². The lowest BCUT2D eigenvalue weighted by Crippen LogP contribution is -2.48. The summed E-state index contributed by atoms with van der Waals surface area (Å²) in [6, 6.07) is 29.8. The van der Waals surface area contributed by atoms with Crippen molar-refractivity contribution in [3.63, 3.8) is 0 Å². The molecule has 182 valence electrons. The molecule has 2 N–H and O–H groups in total. The summed E-state index contributed by atoms with van der Waals surface area (Å²) in [7, 11) is 0. The molecule has 4 aromatic carbocycles. The largest absolute Gasteiger partial charge is 0.488 e. The van der Waals surface area contributed by atoms with Crippen molar-refractivity contribution in [2.75, 3.05) is 0 Å². The van der Waals surface area contributed by atoms with Crippen molar-refractivity contribution < 1.29 is 14.3 Å². The van der Waals surface area contributed by atoms with Gasteiger partial charge in [-0.25, -0.2) is 5.43 Å². The molecule has 0 radical (unpaired) electrons. The van der Waals surface area contributed by atoms with E-state index in [0.717, 1.165) is 21.9 Å². The molecule has 1 atom stereocenters. The van der Waals surface area contributed by atoms with E-state index in [1.807, 2.05) is 86.6 Å². The maximum absolute atomic E-state index is 12.9. The van der Waals surface area contributed by atoms with E-state index < -0.39 is 11.9 Å². The minimum atomic E-state index is -0.740. The van der Waals surface area contributed by atoms with Gasteiger partial charge in [0.15, 0.2) is 0 Å². The SMILES string of the molecule is CC(C)C(NC(=O)c1ccccc1)C(=O)N/N=C/c1c(OCc2ccccc2)ccc2ccccc12. The van der Waals surface area contributed by atoms with Crippen LogP contribution >= 0.6 is 0 Å². The van der Waals surface area contributed by atoms with Crippen LogP contribution in [-0.2, 0) is 11.4 Å². The van der Waals surface area contributed by atoms with Crippen molar-refractivity contribution >= 4 is 28.8 Å². The number of rotatable bonds is 9. The Morgan fingerprint density at radius 1 is 0.861 bits per heavy atom. The van der Waals surface area contributed by atoms with Gasteiger partial charge in [0.1, 0.15) is 18.4 Å². The first-order valence-electron chi connectivity index (χ1n) is 11.9. The number of carbonyl (C=O) groups is 2. The molecule has 0 saturated heterocycles. The number of hydrogen-bond donors (Lipinski definition) is 2. The molecule has 0 spiro atoms. The van der Waals surface area contributed by atoms with Crippen molar-refractivity contribution in [2.45, 2.75) is 26.5 Å². The molecule has 36 heavy (non-hydrogen) atoms. The zero-order chi connectivity index (χ0) is 25.3. The average molecular weight is 480 g/mol. The Hall–Kier alpha value is -4.45. The van der Waals surface area contributed by atoms with Crippen LogP contribution < -0.4 is 15.5 Å². The van der Waals surface area contributed by atoms with Crippen LogP contribution in [0.5, 0.6) is 5.75 Å². The van der Waals surface area contributed by atoms with E-state index in [2.05, 4.69) is 15.8 Å². The second kappa shape index (κ2) is 11.8. The fraction of sp³-hybridized carbons (Fsp3) is 0.167. The van der Waals surface area contributed by atoms with Gasteiger partial charge in [-0.05, 0) is 40.5 Å². The van der Waals surface area contributed by atoms with Crippen LogP contribution in [0.15, 0.2) is 102 Å². The van der Waals surface area contributed by atoms with Crippen LogP contribution in [0.3, 0.4) is 0 Å². The molecular formula is C30H29N3O3. The van der Waals surface area contributed by atoms with Gasteiger partial charge in [-0.2, -0.15) is 5.10 Å². The lowest BCUT2D eigenvalue weighted by atomic mass is 10.0. The molecule has 0 aliphatic heterocycles. The Morgan fingerprint density at radius 3 is 2.25 bits per heavy atom. The van der Waals surface area contributed by atoms with Crippen molar-refractivity contribution in [3.05, 3.63) is 114 Å². The highest BCUT2D eigenvalue weighted by Gasteiger charge is 2.24. The molecule has 0 aromatic heterocycles. The van der Waals surface area contributed by atoms with E-state index in [-0.39, 0.29) is 11.8 Å². The normalized spacial score (nSPS) is 12.0. The van der Waals surface area contributed by atoms with E-state index in [1.54, 1.807) is 30.5 Å². The molecule has 1 unspecified atom stereocenters. The predicted molar refractivity (Wildman–Crippen MR) is 143 cm³/mol. The van der Waals surface area contributed by atoms with Crippen LogP contribution in [0.2, 0.25) is 0 Å². The summed E-state index contributed by atoms with van der Waals surface area (Å²) in [4.78, 5) is 25.5. The quantitative estimate of drug-likeness (QED) is 0.252. The minimum absolute atomic E-state index is 0.129. The first-order valence-corrected chi connectivity index (χ1v) is 11.9. The van der Waals surface area contributed by atoms with Gasteiger partial charge in [0.2, 0.25) is 0 Å². The molecule has 0 aliphatic carbocycles. The number of amides is 2. The van der Waals surface area contributed by atoms with Crippen LogP contribution in [0.25, 0.3) is 10.8 Å². The number of nitrogens with zero attached hydrogens (tertiary/aromatic N) is 1. The van der Waals surface area contributed by atoms with Gasteiger partial charge < -0.3 is 10.1 Å². The Labute approximate surface area is 211 Å². The molecule has 0 aliphatic rings. The molecule has 2 amide bonds. The van der Waals surface area contributed by atoms with Crippen molar-refractivity contribution in [1.82, 2.24) is 10.7 Å². The first-order chi connectivity index (χ1) is 17.5. The molecule has 6 nitrogen and oxygen atoms in total. The van der Waals surface area contributed by atoms with Gasteiger partial charge in [0.25, 0.3) is 11.8 Å². The van der Waals surface area contributed by atoms with Gasteiger partial charge in [0, 0.05) is 11.1 Å². The summed E-state index contributed by atoms with van der Waals surface area (Å²) >= 11 is 0. The van der Waals surface area contributed by atoms with Crippen molar-refractivity contribution in [2.24, 2.45) is 11.0 Å². The topological polar surface area (TPSA) is 79.8 Å². The van der Waals surface area contributed by atoms with Crippen LogP contribution in [0.4, 0.5) is 0 Å². The van der Waals surface area contributed by atoms with Gasteiger partial charge in [-0.1, -0.05) is 92.7 Å². The highest BCUT2D eigenvalue weighted by Crippen LogP contribution is 2.27. The van der Waals surface area contributed by atoms with E-state index in [4.69, 9.17) is 4.74 Å². The number of hydrogen-bond acceptors (Lipinski definition) is 4. The Balaban J connectivity index is 1.51. The lowest BCUT2D eigenvalue weighted by Gasteiger charge is -2.20. The monoisotopic (exact) mass is 479 g/mol. The van der Waals surface area contributed by atoms with Crippen molar-refractivity contribution in [3.8, 4) is 5.75 Å². The maximum Gasteiger partial charge on any atom is 0.262 e. The third-order valence-corrected chi connectivity index (χ3v) is 5.81. The van der Waals surface area contributed by atoms with E-state index in [1.165, 1.54) is 0 Å². The van der Waals surface area contributed by atoms with E-state index >= 15 is 0 Å². The van der Waals surface area contributed by atoms with Gasteiger partial charge >= 0.3 is 0 Å². The highest BCUT2D eigenvalue weighted by molar-refractivity contribution is 6.03. The summed E-state index contributed by atoms with van der Waals surface area (Å²) in [6.07, 6.45) is 1.59. The Bertz CT molecular complexity index is 1350. The van der Waals surface area contributed by atoms with E-state index in [9.17, 15) is 9.59 Å². The zero-order valence-corrected chi connectivity index (χ0v) is 20.3. The van der Waals surface area contributed by atoms with Gasteiger partial charge in [-0.3, -0.25) is 9.59 Å². The summed E-state index contributed by atoms with van der Waals surface area (Å²) in [5, 5.41) is 9.04. The highest BCUT2D eigenvalue weighted by atomic mass is 16.5. The summed E-state index contributed by atoms with van der Waals surface area (Å²) in [5.74, 6) is -0.167. The fourth-order valence-corrected chi connectivity index (χ4v) is 3.85. The fourth-order valence-electron chi connectivity index (χ4n) is 3.85. The predicted octanol–water partition coefficient (Wildman–Crippen LogP) is 5.32. The molecule has 4 rings (SSSR count). The minimum Gasteiger partial charge on any atom is -0.488 e. The number of benzene rings is 4. The Morgan fingerprint density at radius 2 is 1.53 bits per heavy atom. The molecule has 0 saturated carbocycles. The number of ether oxygens (including phenoxy) is 1. The summed E-state index contributed by atoms with van der Waals surface area (Å²) < 4.78 is 6.12. The molecule has 4 aromatic rings. The third-order valence-electron chi connectivity index (χ3n) is 5.81. The van der Waals surface area contributed by atoms with Crippen LogP contribution in [0, 0.1) is 5.92 Å².